The fraction of sp³-hybridized carbons (Fsp3) is 0.353. The Morgan fingerprint density at radius 1 is 1.43 bits per heavy atom. The highest BCUT2D eigenvalue weighted by Gasteiger charge is 2.43. The lowest BCUT2D eigenvalue weighted by molar-refractivity contribution is -0.144. The van der Waals surface area contributed by atoms with Gasteiger partial charge in [-0.15, -0.1) is 0 Å². The molecule has 1 aromatic rings. The molecule has 1 aliphatic carbocycles. The summed E-state index contributed by atoms with van der Waals surface area (Å²) < 4.78 is 5.83. The van der Waals surface area contributed by atoms with Crippen molar-refractivity contribution < 1.29 is 14.3 Å². The summed E-state index contributed by atoms with van der Waals surface area (Å²) in [6, 6.07) is 9.52. The number of carbonyl (C=O) groups excluding carboxylic acids is 2. The van der Waals surface area contributed by atoms with E-state index in [1.54, 1.807) is 13.0 Å². The van der Waals surface area contributed by atoms with Gasteiger partial charge >= 0.3 is 5.97 Å². The summed E-state index contributed by atoms with van der Waals surface area (Å²) >= 11 is 3.33. The molecule has 6 heteroatoms. The number of esters is 1. The monoisotopic (exact) mass is 376 g/mol. The Kier molecular flexibility index (Phi) is 5.56. The van der Waals surface area contributed by atoms with Crippen molar-refractivity contribution >= 4 is 33.9 Å². The third-order valence-electron chi connectivity index (χ3n) is 3.65. The van der Waals surface area contributed by atoms with Gasteiger partial charge in [-0.05, 0) is 49.5 Å². The van der Waals surface area contributed by atoms with Gasteiger partial charge in [-0.25, -0.2) is 4.79 Å². The Bertz CT molecular complexity index is 659. The van der Waals surface area contributed by atoms with Crippen LogP contribution < -0.4 is 5.32 Å². The first-order chi connectivity index (χ1) is 10.9. The lowest BCUT2D eigenvalue weighted by atomic mass is 9.98. The van der Waals surface area contributed by atoms with Gasteiger partial charge in [0.1, 0.15) is 5.54 Å². The van der Waals surface area contributed by atoms with Crippen LogP contribution in [0.4, 0.5) is 0 Å². The lowest BCUT2D eigenvalue weighted by Crippen LogP contribution is -2.48. The van der Waals surface area contributed by atoms with Crippen LogP contribution >= 0.6 is 15.9 Å². The second-order valence-corrected chi connectivity index (χ2v) is 6.54. The Hall–Kier alpha value is -2.13. The molecule has 0 unspecified atom stereocenters. The second-order valence-electron chi connectivity index (χ2n) is 5.63. The van der Waals surface area contributed by atoms with E-state index in [9.17, 15) is 9.59 Å². The molecule has 2 rings (SSSR count). The lowest BCUT2D eigenvalue weighted by Gasteiger charge is -2.22. The standard InChI is InChI=1S/C17H17BrN2O3/c1-17(11-19,13-5-6-13)20-15(21)10-23-16(22)9-4-12-2-7-14(18)8-3-12/h2-4,7-9,13H,5-6,10H2,1H3,(H,20,21)/b9-4+/t17-/m1/s1. The van der Waals surface area contributed by atoms with Gasteiger partial charge < -0.3 is 10.1 Å². The number of ether oxygens (including phenoxy) is 1. The number of hydrogen-bond donors (Lipinski definition) is 1. The van der Waals surface area contributed by atoms with Gasteiger partial charge in [0.15, 0.2) is 6.61 Å². The van der Waals surface area contributed by atoms with E-state index in [0.717, 1.165) is 22.9 Å². The molecule has 0 aromatic heterocycles. The fourth-order valence-corrected chi connectivity index (χ4v) is 2.39. The topological polar surface area (TPSA) is 79.2 Å². The maximum absolute atomic E-state index is 11.8. The molecular formula is C17H17BrN2O3. The number of nitrogens with zero attached hydrogens (tertiary/aromatic N) is 1. The normalized spacial score (nSPS) is 16.4. The number of nitriles is 1. The van der Waals surface area contributed by atoms with E-state index in [0.29, 0.717) is 0 Å². The minimum absolute atomic E-state index is 0.185. The van der Waals surface area contributed by atoms with Gasteiger partial charge in [-0.1, -0.05) is 28.1 Å². The van der Waals surface area contributed by atoms with E-state index >= 15 is 0 Å². The summed E-state index contributed by atoms with van der Waals surface area (Å²) in [5.74, 6) is -0.885. The second kappa shape index (κ2) is 7.42. The van der Waals surface area contributed by atoms with E-state index in [1.165, 1.54) is 6.08 Å². The molecule has 0 bridgehead atoms. The van der Waals surface area contributed by atoms with Gasteiger partial charge in [0.05, 0.1) is 6.07 Å². The maximum Gasteiger partial charge on any atom is 0.331 e. The van der Waals surface area contributed by atoms with Crippen LogP contribution in [0.5, 0.6) is 0 Å². The third kappa shape index (κ3) is 5.22. The zero-order chi connectivity index (χ0) is 16.9. The summed E-state index contributed by atoms with van der Waals surface area (Å²) in [6.45, 7) is 1.30. The zero-order valence-electron chi connectivity index (χ0n) is 12.7. The Morgan fingerprint density at radius 2 is 2.09 bits per heavy atom. The van der Waals surface area contributed by atoms with E-state index in [2.05, 4.69) is 27.3 Å². The van der Waals surface area contributed by atoms with Crippen molar-refractivity contribution in [1.82, 2.24) is 5.32 Å². The minimum Gasteiger partial charge on any atom is -0.452 e. The molecule has 1 aromatic carbocycles. The fourth-order valence-electron chi connectivity index (χ4n) is 2.13. The third-order valence-corrected chi connectivity index (χ3v) is 4.18. The molecular weight excluding hydrogens is 360 g/mol. The van der Waals surface area contributed by atoms with Gasteiger partial charge in [-0.2, -0.15) is 5.26 Å². The Labute approximate surface area is 143 Å². The quantitative estimate of drug-likeness (QED) is 0.611. The molecule has 0 saturated heterocycles. The first kappa shape index (κ1) is 17.2. The smallest absolute Gasteiger partial charge is 0.331 e. The van der Waals surface area contributed by atoms with Gasteiger partial charge in [-0.3, -0.25) is 4.79 Å². The van der Waals surface area contributed by atoms with E-state index < -0.39 is 24.0 Å². The molecule has 0 spiro atoms. The Morgan fingerprint density at radius 3 is 2.65 bits per heavy atom. The summed E-state index contributed by atoms with van der Waals surface area (Å²) in [6.07, 6.45) is 4.73. The van der Waals surface area contributed by atoms with Crippen molar-refractivity contribution in [2.45, 2.75) is 25.3 Å². The number of carbonyl (C=O) groups is 2. The van der Waals surface area contributed by atoms with E-state index in [1.807, 2.05) is 24.3 Å². The summed E-state index contributed by atoms with van der Waals surface area (Å²) in [5.41, 5.74) is -0.0306. The van der Waals surface area contributed by atoms with Crippen LogP contribution in [0.1, 0.15) is 25.3 Å². The van der Waals surface area contributed by atoms with Crippen LogP contribution in [-0.4, -0.2) is 24.0 Å². The molecule has 0 radical (unpaired) electrons. The highest BCUT2D eigenvalue weighted by Crippen LogP contribution is 2.39. The molecule has 1 atom stereocenters. The van der Waals surface area contributed by atoms with Crippen molar-refractivity contribution in [3.05, 3.63) is 40.4 Å². The number of rotatable bonds is 6. The van der Waals surface area contributed by atoms with Gasteiger partial charge in [0.2, 0.25) is 0 Å². The van der Waals surface area contributed by atoms with Crippen molar-refractivity contribution in [3.8, 4) is 6.07 Å². The SMILES string of the molecule is C[C@](C#N)(NC(=O)COC(=O)/C=C/c1ccc(Br)cc1)C1CC1. The number of amides is 1. The molecule has 1 saturated carbocycles. The van der Waals surface area contributed by atoms with E-state index in [4.69, 9.17) is 10.00 Å². The molecule has 1 aliphatic rings. The summed E-state index contributed by atoms with van der Waals surface area (Å²) in [4.78, 5) is 23.4. The molecule has 0 aliphatic heterocycles. The molecule has 1 amide bonds. The molecule has 5 nitrogen and oxygen atoms in total. The predicted octanol–water partition coefficient (Wildman–Crippen LogP) is 2.81. The molecule has 120 valence electrons. The molecule has 23 heavy (non-hydrogen) atoms. The van der Waals surface area contributed by atoms with Gasteiger partial charge in [0, 0.05) is 10.5 Å². The molecule has 1 N–H and O–H groups in total. The zero-order valence-corrected chi connectivity index (χ0v) is 14.3. The van der Waals surface area contributed by atoms with Crippen molar-refractivity contribution in [1.29, 1.82) is 5.26 Å². The average molecular weight is 377 g/mol. The predicted molar refractivity (Wildman–Crippen MR) is 89.0 cm³/mol. The van der Waals surface area contributed by atoms with Crippen LogP contribution in [-0.2, 0) is 14.3 Å². The van der Waals surface area contributed by atoms with Crippen LogP contribution in [0.25, 0.3) is 6.08 Å². The maximum atomic E-state index is 11.8. The number of hydrogen-bond acceptors (Lipinski definition) is 4. The van der Waals surface area contributed by atoms with Crippen LogP contribution in [0.3, 0.4) is 0 Å². The van der Waals surface area contributed by atoms with E-state index in [-0.39, 0.29) is 5.92 Å². The van der Waals surface area contributed by atoms with Gasteiger partial charge in [0.25, 0.3) is 5.91 Å². The minimum atomic E-state index is -0.878. The highest BCUT2D eigenvalue weighted by atomic mass is 79.9. The highest BCUT2D eigenvalue weighted by molar-refractivity contribution is 9.10. The average Bonchev–Trinajstić information content (AvgIpc) is 3.37. The summed E-state index contributed by atoms with van der Waals surface area (Å²) in [7, 11) is 0. The van der Waals surface area contributed by atoms with Crippen molar-refractivity contribution in [2.75, 3.05) is 6.61 Å². The largest absolute Gasteiger partial charge is 0.452 e. The molecule has 0 heterocycles. The van der Waals surface area contributed by atoms with Crippen LogP contribution in [0.15, 0.2) is 34.8 Å². The van der Waals surface area contributed by atoms with Crippen molar-refractivity contribution in [2.24, 2.45) is 5.92 Å². The first-order valence-corrected chi connectivity index (χ1v) is 8.05. The Balaban J connectivity index is 1.78. The van der Waals surface area contributed by atoms with Crippen LogP contribution in [0.2, 0.25) is 0 Å². The number of benzene rings is 1. The number of nitrogens with one attached hydrogen (secondary N) is 1. The first-order valence-electron chi connectivity index (χ1n) is 7.25. The van der Waals surface area contributed by atoms with Crippen molar-refractivity contribution in [3.63, 3.8) is 0 Å². The number of halogens is 1. The summed E-state index contributed by atoms with van der Waals surface area (Å²) in [5, 5.41) is 11.8. The molecule has 1 fully saturated rings. The van der Waals surface area contributed by atoms with Crippen LogP contribution in [0, 0.1) is 17.2 Å².